The van der Waals surface area contributed by atoms with Gasteiger partial charge in [0.15, 0.2) is 6.29 Å². The number of aliphatic hydroxyl groups excluding tert-OH is 1. The zero-order valence-electron chi connectivity index (χ0n) is 22.9. The summed E-state index contributed by atoms with van der Waals surface area (Å²) in [7, 11) is 0. The van der Waals surface area contributed by atoms with Gasteiger partial charge in [0.1, 0.15) is 5.75 Å². The van der Waals surface area contributed by atoms with Gasteiger partial charge in [-0.05, 0) is 60.2 Å². The fourth-order valence-corrected chi connectivity index (χ4v) is 5.53. The molecule has 9 heteroatoms. The Hall–Kier alpha value is -3.63. The number of benzene rings is 3. The summed E-state index contributed by atoms with van der Waals surface area (Å²) in [6.45, 7) is 6.65. The molecule has 5 rings (SSSR count). The van der Waals surface area contributed by atoms with E-state index in [2.05, 4.69) is 80.7 Å². The minimum atomic E-state index is -1.28. The van der Waals surface area contributed by atoms with Crippen molar-refractivity contribution in [2.45, 2.75) is 57.6 Å². The lowest BCUT2D eigenvalue weighted by molar-refractivity contribution is -0.0467. The van der Waals surface area contributed by atoms with Gasteiger partial charge in [0.25, 0.3) is 0 Å². The monoisotopic (exact) mass is 542 g/mol. The van der Waals surface area contributed by atoms with E-state index < -0.39 is 6.29 Å². The molecule has 0 unspecified atom stereocenters. The van der Waals surface area contributed by atoms with Crippen LogP contribution in [-0.2, 0) is 13.1 Å². The SMILES string of the molecule is C[C@H]1CN(Cc2ccccc2)CCN1[C@H](c1ccc(-c2nnn(CCCCC(O)O)n2)cc1)c1cccc(O)c1. The quantitative estimate of drug-likeness (QED) is 0.194. The second-order valence-corrected chi connectivity index (χ2v) is 10.6. The molecular weight excluding hydrogens is 504 g/mol. The third kappa shape index (κ3) is 7.11. The summed E-state index contributed by atoms with van der Waals surface area (Å²) in [5, 5.41) is 41.2. The van der Waals surface area contributed by atoms with Gasteiger partial charge in [-0.15, -0.1) is 10.2 Å². The Morgan fingerprint density at radius 1 is 0.900 bits per heavy atom. The van der Waals surface area contributed by atoms with Crippen LogP contribution in [0.2, 0.25) is 0 Å². The molecule has 0 bridgehead atoms. The van der Waals surface area contributed by atoms with E-state index in [1.54, 1.807) is 10.9 Å². The van der Waals surface area contributed by atoms with Crippen LogP contribution in [0.3, 0.4) is 0 Å². The van der Waals surface area contributed by atoms with Gasteiger partial charge >= 0.3 is 0 Å². The summed E-state index contributed by atoms with van der Waals surface area (Å²) in [4.78, 5) is 6.60. The summed E-state index contributed by atoms with van der Waals surface area (Å²) >= 11 is 0. The highest BCUT2D eigenvalue weighted by molar-refractivity contribution is 5.55. The molecule has 3 aromatic carbocycles. The van der Waals surface area contributed by atoms with Gasteiger partial charge in [-0.25, -0.2) is 0 Å². The molecule has 210 valence electrons. The average molecular weight is 543 g/mol. The summed E-state index contributed by atoms with van der Waals surface area (Å²) in [5.41, 5.74) is 4.43. The highest BCUT2D eigenvalue weighted by Crippen LogP contribution is 2.34. The normalized spacial score (nSPS) is 17.4. The first kappa shape index (κ1) is 27.9. The van der Waals surface area contributed by atoms with Gasteiger partial charge in [0, 0.05) is 37.8 Å². The van der Waals surface area contributed by atoms with Crippen LogP contribution in [-0.4, -0.2) is 77.3 Å². The molecule has 2 heterocycles. The minimum Gasteiger partial charge on any atom is -0.508 e. The average Bonchev–Trinajstić information content (AvgIpc) is 3.42. The molecule has 0 radical (unpaired) electrons. The smallest absolute Gasteiger partial charge is 0.204 e. The second-order valence-electron chi connectivity index (χ2n) is 10.6. The Balaban J connectivity index is 1.31. The largest absolute Gasteiger partial charge is 0.508 e. The molecule has 0 amide bonds. The zero-order valence-corrected chi connectivity index (χ0v) is 22.9. The third-order valence-corrected chi connectivity index (χ3v) is 7.54. The highest BCUT2D eigenvalue weighted by atomic mass is 16.5. The molecule has 1 fully saturated rings. The maximum atomic E-state index is 10.3. The van der Waals surface area contributed by atoms with Gasteiger partial charge < -0.3 is 15.3 Å². The van der Waals surface area contributed by atoms with Crippen LogP contribution in [0, 0.1) is 0 Å². The Bertz CT molecular complexity index is 1340. The number of unbranched alkanes of at least 4 members (excludes halogenated alkanes) is 1. The molecule has 0 saturated carbocycles. The number of piperazine rings is 1. The number of rotatable bonds is 11. The van der Waals surface area contributed by atoms with E-state index in [4.69, 9.17) is 10.2 Å². The number of hydrogen-bond acceptors (Lipinski definition) is 8. The van der Waals surface area contributed by atoms with Crippen molar-refractivity contribution >= 4 is 0 Å². The minimum absolute atomic E-state index is 0.000502. The van der Waals surface area contributed by atoms with E-state index >= 15 is 0 Å². The molecule has 3 N–H and O–H groups in total. The number of aromatic hydroxyl groups is 1. The van der Waals surface area contributed by atoms with Crippen LogP contribution in [0.1, 0.15) is 48.9 Å². The molecule has 1 aromatic heterocycles. The number of aryl methyl sites for hydroxylation is 1. The van der Waals surface area contributed by atoms with Crippen LogP contribution >= 0.6 is 0 Å². The fraction of sp³-hybridized carbons (Fsp3) is 0.387. The van der Waals surface area contributed by atoms with Crippen LogP contribution in [0.15, 0.2) is 78.9 Å². The first-order valence-electron chi connectivity index (χ1n) is 14.0. The van der Waals surface area contributed by atoms with E-state index in [-0.39, 0.29) is 11.8 Å². The lowest BCUT2D eigenvalue weighted by atomic mass is 9.93. The van der Waals surface area contributed by atoms with E-state index in [0.717, 1.165) is 49.3 Å². The van der Waals surface area contributed by atoms with Crippen LogP contribution in [0.4, 0.5) is 0 Å². The number of tetrazole rings is 1. The lowest BCUT2D eigenvalue weighted by Gasteiger charge is -2.44. The predicted molar refractivity (Wildman–Crippen MR) is 153 cm³/mol. The summed E-state index contributed by atoms with van der Waals surface area (Å²) in [6, 6.07) is 26.8. The summed E-state index contributed by atoms with van der Waals surface area (Å²) in [6.07, 6.45) is 0.486. The molecule has 4 aromatic rings. The van der Waals surface area contributed by atoms with Crippen molar-refractivity contribution in [3.63, 3.8) is 0 Å². The van der Waals surface area contributed by atoms with Gasteiger partial charge in [-0.1, -0.05) is 66.7 Å². The van der Waals surface area contributed by atoms with Crippen molar-refractivity contribution in [2.24, 2.45) is 0 Å². The van der Waals surface area contributed by atoms with Gasteiger partial charge in [0.05, 0.1) is 12.6 Å². The number of phenols is 1. The first-order valence-corrected chi connectivity index (χ1v) is 14.0. The summed E-state index contributed by atoms with van der Waals surface area (Å²) in [5.74, 6) is 0.828. The maximum absolute atomic E-state index is 10.3. The Labute approximate surface area is 235 Å². The molecule has 0 spiro atoms. The first-order chi connectivity index (χ1) is 19.5. The van der Waals surface area contributed by atoms with Crippen molar-refractivity contribution in [1.29, 1.82) is 0 Å². The van der Waals surface area contributed by atoms with E-state index in [9.17, 15) is 5.11 Å². The van der Waals surface area contributed by atoms with E-state index in [1.165, 1.54) is 5.56 Å². The van der Waals surface area contributed by atoms with Crippen molar-refractivity contribution in [1.82, 2.24) is 30.0 Å². The highest BCUT2D eigenvalue weighted by Gasteiger charge is 2.31. The molecule has 0 aliphatic carbocycles. The number of aliphatic hydroxyl groups is 2. The molecule has 2 atom stereocenters. The van der Waals surface area contributed by atoms with E-state index in [1.807, 2.05) is 24.3 Å². The van der Waals surface area contributed by atoms with Gasteiger partial charge in [-0.2, -0.15) is 4.80 Å². The van der Waals surface area contributed by atoms with Crippen molar-refractivity contribution in [3.05, 3.63) is 95.6 Å². The molecular formula is C31H38N6O3. The Morgan fingerprint density at radius 2 is 1.70 bits per heavy atom. The van der Waals surface area contributed by atoms with Crippen LogP contribution in [0.5, 0.6) is 5.75 Å². The molecule has 9 nitrogen and oxygen atoms in total. The van der Waals surface area contributed by atoms with Gasteiger partial charge in [0.2, 0.25) is 5.82 Å². The van der Waals surface area contributed by atoms with Crippen LogP contribution in [0.25, 0.3) is 11.4 Å². The van der Waals surface area contributed by atoms with Crippen molar-refractivity contribution < 1.29 is 15.3 Å². The molecule has 40 heavy (non-hydrogen) atoms. The second kappa shape index (κ2) is 13.1. The van der Waals surface area contributed by atoms with Crippen LogP contribution < -0.4 is 0 Å². The number of aromatic nitrogens is 4. The Kier molecular flexibility index (Phi) is 9.18. The van der Waals surface area contributed by atoms with Crippen molar-refractivity contribution in [3.8, 4) is 17.1 Å². The topological polar surface area (TPSA) is 111 Å². The van der Waals surface area contributed by atoms with Crippen molar-refractivity contribution in [2.75, 3.05) is 19.6 Å². The molecule has 1 saturated heterocycles. The number of phenolic OH excluding ortho intramolecular Hbond substituents is 1. The molecule has 1 aliphatic heterocycles. The lowest BCUT2D eigenvalue weighted by Crippen LogP contribution is -2.52. The number of hydrogen-bond donors (Lipinski definition) is 3. The Morgan fingerprint density at radius 3 is 2.42 bits per heavy atom. The third-order valence-electron chi connectivity index (χ3n) is 7.54. The zero-order chi connectivity index (χ0) is 27.9. The maximum Gasteiger partial charge on any atom is 0.204 e. The fourth-order valence-electron chi connectivity index (χ4n) is 5.53. The van der Waals surface area contributed by atoms with E-state index in [0.29, 0.717) is 31.3 Å². The molecule has 1 aliphatic rings. The predicted octanol–water partition coefficient (Wildman–Crippen LogP) is 3.82. The van der Waals surface area contributed by atoms with Gasteiger partial charge in [-0.3, -0.25) is 9.80 Å². The standard InChI is InChI=1S/C31H38N6O3/c1-23-21-35(22-24-8-3-2-4-9-24)18-19-36(23)30(27-10-7-11-28(38)20-27)25-13-15-26(16-14-25)31-32-34-37(33-31)17-6-5-12-29(39)40/h2-4,7-11,13-16,20,23,29-30,38-40H,5-6,12,17-19,21-22H2,1H3/t23-,30+/m0/s1. The number of nitrogens with zero attached hydrogens (tertiary/aromatic N) is 6. The summed E-state index contributed by atoms with van der Waals surface area (Å²) < 4.78 is 0.